The third-order valence-electron chi connectivity index (χ3n) is 4.56. The second kappa shape index (κ2) is 5.41. The van der Waals surface area contributed by atoms with Gasteiger partial charge in [0.15, 0.2) is 0 Å². The number of hydrogen-bond acceptors (Lipinski definition) is 2. The van der Waals surface area contributed by atoms with Gasteiger partial charge in [0.25, 0.3) is 0 Å². The van der Waals surface area contributed by atoms with Crippen LogP contribution in [0, 0.1) is 5.92 Å². The molecular formula is C15H19BrN2S. The smallest absolute Gasteiger partial charge is 0.105 e. The largest absolute Gasteiger partial charge is 0.389 e. The van der Waals surface area contributed by atoms with Crippen LogP contribution in [0.25, 0.3) is 0 Å². The first-order chi connectivity index (χ1) is 9.16. The second-order valence-corrected chi connectivity index (χ2v) is 6.92. The van der Waals surface area contributed by atoms with Crippen LogP contribution >= 0.6 is 28.1 Å². The standard InChI is InChI=1S/C15H19BrN2S/c16-13-9-11(5-6-12(13)15(17)19)18-8-7-10-3-1-2-4-14(10)18/h5-6,9-10,14H,1-4,7-8H2,(H2,17,19). The first kappa shape index (κ1) is 13.4. The highest BCUT2D eigenvalue weighted by Gasteiger charge is 2.35. The Morgan fingerprint density at radius 2 is 2.05 bits per heavy atom. The van der Waals surface area contributed by atoms with Crippen LogP contribution in [-0.2, 0) is 0 Å². The quantitative estimate of drug-likeness (QED) is 0.830. The zero-order valence-electron chi connectivity index (χ0n) is 10.9. The van der Waals surface area contributed by atoms with E-state index >= 15 is 0 Å². The van der Waals surface area contributed by atoms with Crippen molar-refractivity contribution in [1.82, 2.24) is 0 Å². The van der Waals surface area contributed by atoms with Crippen LogP contribution in [0.1, 0.15) is 37.7 Å². The zero-order valence-corrected chi connectivity index (χ0v) is 13.3. The van der Waals surface area contributed by atoms with Crippen LogP contribution in [0.15, 0.2) is 22.7 Å². The van der Waals surface area contributed by atoms with Crippen molar-refractivity contribution in [2.75, 3.05) is 11.4 Å². The highest BCUT2D eigenvalue weighted by atomic mass is 79.9. The lowest BCUT2D eigenvalue weighted by molar-refractivity contribution is 0.342. The van der Waals surface area contributed by atoms with E-state index in [4.69, 9.17) is 18.0 Å². The molecule has 2 aliphatic rings. The Bertz CT molecular complexity index is 503. The van der Waals surface area contributed by atoms with Gasteiger partial charge in [0.2, 0.25) is 0 Å². The number of anilines is 1. The highest BCUT2D eigenvalue weighted by molar-refractivity contribution is 9.10. The van der Waals surface area contributed by atoms with Crippen molar-refractivity contribution in [3.8, 4) is 0 Å². The fourth-order valence-electron chi connectivity index (χ4n) is 3.61. The third kappa shape index (κ3) is 2.52. The van der Waals surface area contributed by atoms with Gasteiger partial charge in [-0.25, -0.2) is 0 Å². The summed E-state index contributed by atoms with van der Waals surface area (Å²) in [6.45, 7) is 1.19. The van der Waals surface area contributed by atoms with Crippen LogP contribution in [0.5, 0.6) is 0 Å². The predicted molar refractivity (Wildman–Crippen MR) is 87.7 cm³/mol. The minimum atomic E-state index is 0.454. The molecule has 19 heavy (non-hydrogen) atoms. The van der Waals surface area contributed by atoms with Gasteiger partial charge in [-0.05, 0) is 59.3 Å². The number of nitrogens with two attached hydrogens (primary N) is 1. The van der Waals surface area contributed by atoms with Crippen LogP contribution in [0.4, 0.5) is 5.69 Å². The first-order valence-corrected chi connectivity index (χ1v) is 8.23. The summed E-state index contributed by atoms with van der Waals surface area (Å²) in [4.78, 5) is 3.04. The summed E-state index contributed by atoms with van der Waals surface area (Å²) in [6, 6.07) is 7.12. The van der Waals surface area contributed by atoms with Crippen LogP contribution < -0.4 is 10.6 Å². The highest BCUT2D eigenvalue weighted by Crippen LogP contribution is 2.39. The average Bonchev–Trinajstić information content (AvgIpc) is 2.82. The fraction of sp³-hybridized carbons (Fsp3) is 0.533. The molecule has 0 radical (unpaired) electrons. The van der Waals surface area contributed by atoms with Crippen molar-refractivity contribution < 1.29 is 0 Å². The Balaban J connectivity index is 1.86. The molecule has 2 fully saturated rings. The summed E-state index contributed by atoms with van der Waals surface area (Å²) in [7, 11) is 0. The molecule has 0 bridgehead atoms. The van der Waals surface area contributed by atoms with Crippen molar-refractivity contribution >= 4 is 38.8 Å². The molecule has 2 atom stereocenters. The second-order valence-electron chi connectivity index (χ2n) is 5.62. The van der Waals surface area contributed by atoms with Gasteiger partial charge >= 0.3 is 0 Å². The number of halogens is 1. The van der Waals surface area contributed by atoms with Crippen molar-refractivity contribution in [2.24, 2.45) is 11.7 Å². The lowest BCUT2D eigenvalue weighted by Gasteiger charge is -2.33. The van der Waals surface area contributed by atoms with Gasteiger partial charge < -0.3 is 10.6 Å². The van der Waals surface area contributed by atoms with Gasteiger partial charge in [0.05, 0.1) is 0 Å². The summed E-state index contributed by atoms with van der Waals surface area (Å²) in [5, 5.41) is 0. The molecule has 1 aliphatic heterocycles. The van der Waals surface area contributed by atoms with Crippen LogP contribution in [0.2, 0.25) is 0 Å². The molecule has 2 nitrogen and oxygen atoms in total. The number of rotatable bonds is 2. The lowest BCUT2D eigenvalue weighted by atomic mass is 9.85. The molecule has 1 heterocycles. The molecule has 1 saturated heterocycles. The van der Waals surface area contributed by atoms with E-state index in [2.05, 4.69) is 33.0 Å². The molecule has 1 aromatic carbocycles. The molecule has 0 amide bonds. The van der Waals surface area contributed by atoms with Crippen LogP contribution in [0.3, 0.4) is 0 Å². The molecule has 102 valence electrons. The Kier molecular flexibility index (Phi) is 3.81. The summed E-state index contributed by atoms with van der Waals surface area (Å²) in [5.74, 6) is 0.905. The number of nitrogens with zero attached hydrogens (tertiary/aromatic N) is 1. The van der Waals surface area contributed by atoms with Crippen molar-refractivity contribution in [2.45, 2.75) is 38.1 Å². The van der Waals surface area contributed by atoms with Gasteiger partial charge in [-0.3, -0.25) is 0 Å². The van der Waals surface area contributed by atoms with Crippen LogP contribution in [-0.4, -0.2) is 17.6 Å². The van der Waals surface area contributed by atoms with Gasteiger partial charge in [-0.1, -0.05) is 25.1 Å². The molecule has 0 aromatic heterocycles. The maximum atomic E-state index is 5.71. The number of benzene rings is 1. The SMILES string of the molecule is NC(=S)c1ccc(N2CCC3CCCCC32)cc1Br. The van der Waals surface area contributed by atoms with Gasteiger partial charge in [0.1, 0.15) is 4.99 Å². The van der Waals surface area contributed by atoms with E-state index in [1.54, 1.807) is 0 Å². The van der Waals surface area contributed by atoms with E-state index in [1.165, 1.54) is 44.3 Å². The Morgan fingerprint density at radius 1 is 1.26 bits per heavy atom. The van der Waals surface area contributed by atoms with Crippen molar-refractivity contribution in [1.29, 1.82) is 0 Å². The van der Waals surface area contributed by atoms with E-state index in [0.29, 0.717) is 4.99 Å². The van der Waals surface area contributed by atoms with E-state index in [9.17, 15) is 0 Å². The van der Waals surface area contributed by atoms with E-state index < -0.39 is 0 Å². The summed E-state index contributed by atoms with van der Waals surface area (Å²) in [6.07, 6.45) is 6.90. The number of hydrogen-bond donors (Lipinski definition) is 1. The molecule has 2 unspecified atom stereocenters. The average molecular weight is 339 g/mol. The maximum Gasteiger partial charge on any atom is 0.105 e. The maximum absolute atomic E-state index is 5.71. The molecule has 3 rings (SSSR count). The lowest BCUT2D eigenvalue weighted by Crippen LogP contribution is -2.34. The molecule has 4 heteroatoms. The molecule has 1 aliphatic carbocycles. The van der Waals surface area contributed by atoms with Gasteiger partial charge in [-0.2, -0.15) is 0 Å². The van der Waals surface area contributed by atoms with Crippen molar-refractivity contribution in [3.05, 3.63) is 28.2 Å². The number of thiocarbonyl (C=S) groups is 1. The molecule has 1 aromatic rings. The topological polar surface area (TPSA) is 29.3 Å². The zero-order chi connectivity index (χ0) is 13.4. The molecule has 2 N–H and O–H groups in total. The van der Waals surface area contributed by atoms with E-state index in [0.717, 1.165) is 22.0 Å². The van der Waals surface area contributed by atoms with E-state index in [1.807, 2.05) is 6.07 Å². The summed E-state index contributed by atoms with van der Waals surface area (Å²) < 4.78 is 1.01. The predicted octanol–water partition coefficient (Wildman–Crippen LogP) is 3.85. The molecule has 1 saturated carbocycles. The Morgan fingerprint density at radius 3 is 2.79 bits per heavy atom. The molecule has 0 spiro atoms. The Labute approximate surface area is 128 Å². The summed E-state index contributed by atoms with van der Waals surface area (Å²) >= 11 is 8.64. The fourth-order valence-corrected chi connectivity index (χ4v) is 4.50. The van der Waals surface area contributed by atoms with Crippen molar-refractivity contribution in [3.63, 3.8) is 0 Å². The van der Waals surface area contributed by atoms with Gasteiger partial charge in [0, 0.05) is 28.3 Å². The van der Waals surface area contributed by atoms with E-state index in [-0.39, 0.29) is 0 Å². The minimum absolute atomic E-state index is 0.454. The minimum Gasteiger partial charge on any atom is -0.389 e. The normalized spacial score (nSPS) is 26.3. The Hall–Kier alpha value is -0.610. The molecular weight excluding hydrogens is 320 g/mol. The third-order valence-corrected chi connectivity index (χ3v) is 5.44. The number of fused-ring (bicyclic) bond motifs is 1. The first-order valence-electron chi connectivity index (χ1n) is 7.03. The van der Waals surface area contributed by atoms with Gasteiger partial charge in [-0.15, -0.1) is 0 Å². The monoisotopic (exact) mass is 338 g/mol. The summed E-state index contributed by atoms with van der Waals surface area (Å²) in [5.41, 5.74) is 7.95.